The molecule has 0 aliphatic rings. The van der Waals surface area contributed by atoms with E-state index >= 15 is 0 Å². The number of aliphatic hydroxyl groups excluding tert-OH is 1. The first-order chi connectivity index (χ1) is 5.88. The van der Waals surface area contributed by atoms with Crippen molar-refractivity contribution in [2.24, 2.45) is 0 Å². The predicted octanol–water partition coefficient (Wildman–Crippen LogP) is 1.87. The van der Waals surface area contributed by atoms with Gasteiger partial charge in [0, 0.05) is 12.3 Å². The number of aliphatic hydroxyl groups is 1. The van der Waals surface area contributed by atoms with E-state index in [0.29, 0.717) is 6.42 Å². The minimum absolute atomic E-state index is 0.0520. The molecule has 1 aromatic rings. The molecule has 0 radical (unpaired) electrons. The Morgan fingerprint density at radius 3 is 2.50 bits per heavy atom. The molecule has 1 rings (SSSR count). The zero-order valence-electron chi connectivity index (χ0n) is 6.81. The van der Waals surface area contributed by atoms with Crippen molar-refractivity contribution in [3.8, 4) is 0 Å². The van der Waals surface area contributed by atoms with Crippen LogP contribution in [-0.4, -0.2) is 11.7 Å². The van der Waals surface area contributed by atoms with Crippen LogP contribution in [0.1, 0.15) is 17.6 Å². The van der Waals surface area contributed by atoms with Gasteiger partial charge in [0.25, 0.3) is 0 Å². The summed E-state index contributed by atoms with van der Waals surface area (Å²) in [5.41, 5.74) is 1.12. The molecule has 12 heavy (non-hydrogen) atoms. The van der Waals surface area contributed by atoms with Gasteiger partial charge in [-0.05, 0) is 12.0 Å². The monoisotopic (exact) mass is 184 g/mol. The van der Waals surface area contributed by atoms with Crippen molar-refractivity contribution >= 4 is 8.46 Å². The minimum Gasteiger partial charge on any atom is -0.396 e. The Morgan fingerprint density at radius 2 is 2.00 bits per heavy atom. The van der Waals surface area contributed by atoms with Crippen molar-refractivity contribution in [1.29, 1.82) is 0 Å². The van der Waals surface area contributed by atoms with Gasteiger partial charge in [0.05, 0.1) is 8.46 Å². The van der Waals surface area contributed by atoms with Crippen LogP contribution in [0.4, 0.5) is 0 Å². The highest BCUT2D eigenvalue weighted by Crippen LogP contribution is 2.29. The molecular formula is C9H13O2P. The molecule has 66 valence electrons. The lowest BCUT2D eigenvalue weighted by molar-refractivity contribution is 0.286. The van der Waals surface area contributed by atoms with Crippen LogP contribution in [0.5, 0.6) is 0 Å². The molecule has 0 amide bonds. The lowest BCUT2D eigenvalue weighted by Gasteiger charge is -2.07. The maximum Gasteiger partial charge on any atom is 0.0717 e. The lowest BCUT2D eigenvalue weighted by Crippen LogP contribution is -1.93. The first-order valence-electron chi connectivity index (χ1n) is 3.99. The van der Waals surface area contributed by atoms with E-state index in [1.54, 1.807) is 0 Å². The van der Waals surface area contributed by atoms with E-state index in [4.69, 9.17) is 5.11 Å². The SMILES string of the molecule is O=[PH2]C(CCO)c1ccccc1. The van der Waals surface area contributed by atoms with Gasteiger partial charge in [-0.25, -0.2) is 0 Å². The van der Waals surface area contributed by atoms with Crippen LogP contribution in [-0.2, 0) is 4.57 Å². The van der Waals surface area contributed by atoms with Gasteiger partial charge in [0.1, 0.15) is 0 Å². The Hall–Kier alpha value is -0.590. The van der Waals surface area contributed by atoms with E-state index in [2.05, 4.69) is 0 Å². The summed E-state index contributed by atoms with van der Waals surface area (Å²) in [6, 6.07) is 9.68. The molecule has 1 N–H and O–H groups in total. The zero-order valence-corrected chi connectivity index (χ0v) is 7.97. The Labute approximate surface area is 73.4 Å². The smallest absolute Gasteiger partial charge is 0.0717 e. The van der Waals surface area contributed by atoms with Crippen molar-refractivity contribution in [2.45, 2.75) is 12.1 Å². The fourth-order valence-corrected chi connectivity index (χ4v) is 1.82. The lowest BCUT2D eigenvalue weighted by atomic mass is 10.1. The second kappa shape index (κ2) is 5.13. The second-order valence-corrected chi connectivity index (χ2v) is 3.74. The molecule has 0 aromatic heterocycles. The van der Waals surface area contributed by atoms with Gasteiger partial charge in [-0.1, -0.05) is 30.3 Å². The van der Waals surface area contributed by atoms with Gasteiger partial charge in [0.15, 0.2) is 0 Å². The van der Waals surface area contributed by atoms with Crippen molar-refractivity contribution in [3.05, 3.63) is 35.9 Å². The van der Waals surface area contributed by atoms with Crippen LogP contribution in [0.3, 0.4) is 0 Å². The largest absolute Gasteiger partial charge is 0.396 e. The average Bonchev–Trinajstić information content (AvgIpc) is 2.15. The molecule has 0 heterocycles. The highest BCUT2D eigenvalue weighted by atomic mass is 31.1. The molecule has 0 saturated carbocycles. The first-order valence-corrected chi connectivity index (χ1v) is 5.13. The molecule has 0 bridgehead atoms. The van der Waals surface area contributed by atoms with Gasteiger partial charge < -0.3 is 9.67 Å². The number of hydrogen-bond acceptors (Lipinski definition) is 2. The Bertz CT molecular complexity index is 236. The van der Waals surface area contributed by atoms with Gasteiger partial charge >= 0.3 is 0 Å². The third-order valence-electron chi connectivity index (χ3n) is 1.83. The van der Waals surface area contributed by atoms with Crippen LogP contribution in [0.25, 0.3) is 0 Å². The molecule has 3 heteroatoms. The highest BCUT2D eigenvalue weighted by molar-refractivity contribution is 7.24. The standard InChI is InChI=1S/C9H13O2P/c10-7-6-9(12-11)8-4-2-1-3-5-8/h1-5,9-10H,6-7,12H2. The van der Waals surface area contributed by atoms with Crippen LogP contribution >= 0.6 is 8.46 Å². The molecule has 2 nitrogen and oxygen atoms in total. The zero-order chi connectivity index (χ0) is 8.81. The summed E-state index contributed by atoms with van der Waals surface area (Å²) in [5.74, 6) is 0. The summed E-state index contributed by atoms with van der Waals surface area (Å²) in [6.07, 6.45) is 0.600. The quantitative estimate of drug-likeness (QED) is 0.725. The Balaban J connectivity index is 2.73. The molecule has 0 saturated heterocycles. The van der Waals surface area contributed by atoms with Gasteiger partial charge in [-0.2, -0.15) is 0 Å². The molecule has 2 atom stereocenters. The number of benzene rings is 1. The third-order valence-corrected chi connectivity index (χ3v) is 2.88. The average molecular weight is 184 g/mol. The van der Waals surface area contributed by atoms with E-state index < -0.39 is 8.46 Å². The van der Waals surface area contributed by atoms with Crippen LogP contribution in [0.15, 0.2) is 30.3 Å². The molecule has 0 spiro atoms. The van der Waals surface area contributed by atoms with E-state index in [0.717, 1.165) is 5.56 Å². The molecule has 2 unspecified atom stereocenters. The van der Waals surface area contributed by atoms with E-state index in [1.807, 2.05) is 30.3 Å². The normalized spacial score (nSPS) is 13.8. The van der Waals surface area contributed by atoms with Crippen LogP contribution < -0.4 is 0 Å². The summed E-state index contributed by atoms with van der Waals surface area (Å²) >= 11 is 0. The molecule has 1 aromatic carbocycles. The molecular weight excluding hydrogens is 171 g/mol. The topological polar surface area (TPSA) is 37.3 Å². The van der Waals surface area contributed by atoms with E-state index in [9.17, 15) is 4.57 Å². The van der Waals surface area contributed by atoms with Gasteiger partial charge in [-0.3, -0.25) is 0 Å². The Kier molecular flexibility index (Phi) is 4.06. The van der Waals surface area contributed by atoms with E-state index in [1.165, 1.54) is 0 Å². The van der Waals surface area contributed by atoms with Crippen LogP contribution in [0.2, 0.25) is 0 Å². The van der Waals surface area contributed by atoms with Crippen molar-refractivity contribution in [3.63, 3.8) is 0 Å². The maximum absolute atomic E-state index is 10.8. The van der Waals surface area contributed by atoms with Crippen molar-refractivity contribution < 1.29 is 9.67 Å². The first kappa shape index (κ1) is 9.50. The second-order valence-electron chi connectivity index (χ2n) is 2.67. The fourth-order valence-electron chi connectivity index (χ4n) is 1.15. The molecule has 0 aliphatic carbocycles. The summed E-state index contributed by atoms with van der Waals surface area (Å²) in [6.45, 7) is 0.106. The van der Waals surface area contributed by atoms with Crippen molar-refractivity contribution in [1.82, 2.24) is 0 Å². The Morgan fingerprint density at radius 1 is 1.33 bits per heavy atom. The van der Waals surface area contributed by atoms with Gasteiger partial charge in [0.2, 0.25) is 0 Å². The summed E-state index contributed by atoms with van der Waals surface area (Å²) in [4.78, 5) is 0. The van der Waals surface area contributed by atoms with Gasteiger partial charge in [-0.15, -0.1) is 0 Å². The van der Waals surface area contributed by atoms with E-state index in [-0.39, 0.29) is 12.3 Å². The highest BCUT2D eigenvalue weighted by Gasteiger charge is 2.06. The van der Waals surface area contributed by atoms with Crippen molar-refractivity contribution in [2.75, 3.05) is 6.61 Å². The fraction of sp³-hybridized carbons (Fsp3) is 0.333. The third kappa shape index (κ3) is 2.47. The molecule has 0 fully saturated rings. The number of hydrogen-bond donors (Lipinski definition) is 1. The minimum atomic E-state index is -0.834. The maximum atomic E-state index is 10.8. The predicted molar refractivity (Wildman–Crippen MR) is 51.3 cm³/mol. The summed E-state index contributed by atoms with van der Waals surface area (Å²) < 4.78 is 10.8. The molecule has 0 aliphatic heterocycles. The van der Waals surface area contributed by atoms with Crippen LogP contribution in [0, 0.1) is 0 Å². The number of rotatable bonds is 4. The summed E-state index contributed by atoms with van der Waals surface area (Å²) in [7, 11) is -0.834. The summed E-state index contributed by atoms with van der Waals surface area (Å²) in [5, 5.41) is 8.70.